The molecule has 0 atom stereocenters. The maximum absolute atomic E-state index is 10.6. The van der Waals surface area contributed by atoms with Crippen LogP contribution in [0.4, 0.5) is 0 Å². The summed E-state index contributed by atoms with van der Waals surface area (Å²) in [6.45, 7) is 2.40. The number of hydrogen-bond acceptors (Lipinski definition) is 8. The van der Waals surface area contributed by atoms with Crippen LogP contribution < -0.4 is 19.7 Å². The summed E-state index contributed by atoms with van der Waals surface area (Å²) in [6.07, 6.45) is 0. The number of carboxylic acids is 2. The van der Waals surface area contributed by atoms with Crippen LogP contribution in [0.1, 0.15) is 34.6 Å². The number of carbonyl (C=O) groups excluding carboxylic acids is 4. The van der Waals surface area contributed by atoms with E-state index in [4.69, 9.17) is 0 Å². The number of carboxylic acid groups (broad SMARTS) is 2. The zero-order chi connectivity index (χ0) is 19.7. The molecule has 0 aromatic heterocycles. The SMILES string of the molecule is CC(=O)Oc1ccccc1C(=O)[O-].CC(=O)Oc1ccccc1C(=O)[O-].[Mg+2]. The van der Waals surface area contributed by atoms with Crippen molar-refractivity contribution in [1.82, 2.24) is 0 Å². The van der Waals surface area contributed by atoms with Gasteiger partial charge >= 0.3 is 35.0 Å². The van der Waals surface area contributed by atoms with Crippen molar-refractivity contribution in [2.45, 2.75) is 13.8 Å². The standard InChI is InChI=1S/2C9H8O4.Mg/c2*1-6(10)13-8-5-3-2-4-7(8)9(11)12;/h2*2-5H,1H3,(H,11,12);/q;;+2/p-2. The summed E-state index contributed by atoms with van der Waals surface area (Å²) in [5, 5.41) is 21.0. The van der Waals surface area contributed by atoms with Crippen molar-refractivity contribution in [3.63, 3.8) is 0 Å². The van der Waals surface area contributed by atoms with Crippen LogP contribution in [0.3, 0.4) is 0 Å². The van der Waals surface area contributed by atoms with Crippen molar-refractivity contribution in [2.24, 2.45) is 0 Å². The molecule has 8 nitrogen and oxygen atoms in total. The van der Waals surface area contributed by atoms with E-state index < -0.39 is 23.9 Å². The molecular weight excluding hydrogens is 368 g/mol. The third-order valence-electron chi connectivity index (χ3n) is 2.72. The maximum atomic E-state index is 10.6. The molecule has 136 valence electrons. The molecule has 0 aliphatic heterocycles. The van der Waals surface area contributed by atoms with Gasteiger partial charge in [-0.05, 0) is 24.3 Å². The van der Waals surface area contributed by atoms with E-state index in [1.807, 2.05) is 0 Å². The van der Waals surface area contributed by atoms with Gasteiger partial charge in [-0.2, -0.15) is 0 Å². The van der Waals surface area contributed by atoms with Crippen LogP contribution in [0.5, 0.6) is 11.5 Å². The molecule has 0 fully saturated rings. The van der Waals surface area contributed by atoms with Crippen molar-refractivity contribution in [2.75, 3.05) is 0 Å². The van der Waals surface area contributed by atoms with Crippen LogP contribution in [-0.2, 0) is 9.59 Å². The number of hydrogen-bond donors (Lipinski definition) is 0. The molecule has 0 radical (unpaired) electrons. The van der Waals surface area contributed by atoms with Gasteiger partial charge in [-0.15, -0.1) is 0 Å². The zero-order valence-electron chi connectivity index (χ0n) is 14.6. The summed E-state index contributed by atoms with van der Waals surface area (Å²) >= 11 is 0. The van der Waals surface area contributed by atoms with Gasteiger partial charge in [0.25, 0.3) is 0 Å². The molecule has 0 saturated heterocycles. The number of rotatable bonds is 4. The summed E-state index contributed by atoms with van der Waals surface area (Å²) in [7, 11) is 0. The number of benzene rings is 2. The fourth-order valence-electron chi connectivity index (χ4n) is 1.76. The van der Waals surface area contributed by atoms with Crippen LogP contribution in [0.15, 0.2) is 48.5 Å². The molecule has 0 heterocycles. The second kappa shape index (κ2) is 11.7. The molecule has 0 aliphatic rings. The Morgan fingerprint density at radius 1 is 0.667 bits per heavy atom. The summed E-state index contributed by atoms with van der Waals surface area (Å²) < 4.78 is 9.29. The first-order valence-corrected chi connectivity index (χ1v) is 7.20. The first-order valence-electron chi connectivity index (χ1n) is 7.20. The molecule has 2 aromatic rings. The monoisotopic (exact) mass is 382 g/mol. The molecule has 0 N–H and O–H groups in total. The molecule has 0 saturated carbocycles. The molecular formula is C18H14MgO8. The van der Waals surface area contributed by atoms with Gasteiger partial charge in [0.15, 0.2) is 0 Å². The Bertz CT molecular complexity index is 762. The van der Waals surface area contributed by atoms with Gasteiger partial charge in [0, 0.05) is 25.0 Å². The largest absolute Gasteiger partial charge is 2.00 e. The smallest absolute Gasteiger partial charge is 0.545 e. The number of ether oxygens (including phenoxy) is 2. The topological polar surface area (TPSA) is 133 Å². The van der Waals surface area contributed by atoms with Gasteiger partial charge in [0.2, 0.25) is 0 Å². The molecule has 27 heavy (non-hydrogen) atoms. The average molecular weight is 383 g/mol. The molecule has 0 aliphatic carbocycles. The van der Waals surface area contributed by atoms with E-state index in [0.717, 1.165) is 0 Å². The van der Waals surface area contributed by atoms with E-state index in [1.54, 1.807) is 12.1 Å². The zero-order valence-corrected chi connectivity index (χ0v) is 16.0. The van der Waals surface area contributed by atoms with Gasteiger partial charge in [-0.1, -0.05) is 24.3 Å². The van der Waals surface area contributed by atoms with Crippen LogP contribution in [0.2, 0.25) is 0 Å². The van der Waals surface area contributed by atoms with E-state index in [9.17, 15) is 29.4 Å². The van der Waals surface area contributed by atoms with Gasteiger partial charge in [-0.25, -0.2) is 0 Å². The van der Waals surface area contributed by atoms with Crippen LogP contribution in [0.25, 0.3) is 0 Å². The fourth-order valence-corrected chi connectivity index (χ4v) is 1.76. The van der Waals surface area contributed by atoms with E-state index in [0.29, 0.717) is 0 Å². The van der Waals surface area contributed by atoms with Gasteiger partial charge < -0.3 is 29.3 Å². The Balaban J connectivity index is 0.000000483. The fraction of sp³-hybridized carbons (Fsp3) is 0.111. The Hall–Kier alpha value is -2.91. The first kappa shape index (κ1) is 24.1. The second-order valence-corrected chi connectivity index (χ2v) is 4.75. The predicted octanol–water partition coefficient (Wildman–Crippen LogP) is -0.430. The van der Waals surface area contributed by atoms with E-state index in [2.05, 4.69) is 9.47 Å². The van der Waals surface area contributed by atoms with Gasteiger partial charge in [0.05, 0.1) is 11.9 Å². The quantitative estimate of drug-likeness (QED) is 0.395. The van der Waals surface area contributed by atoms with E-state index >= 15 is 0 Å². The van der Waals surface area contributed by atoms with Crippen molar-refractivity contribution >= 4 is 46.9 Å². The number of esters is 2. The average Bonchev–Trinajstić information content (AvgIpc) is 2.55. The van der Waals surface area contributed by atoms with Crippen molar-refractivity contribution in [3.8, 4) is 11.5 Å². The van der Waals surface area contributed by atoms with Gasteiger partial charge in [0.1, 0.15) is 11.5 Å². The molecule has 2 aromatic carbocycles. The molecule has 0 spiro atoms. The number of para-hydroxylation sites is 2. The Labute approximate surface area is 170 Å². The van der Waals surface area contributed by atoms with Crippen molar-refractivity contribution in [1.29, 1.82) is 0 Å². The van der Waals surface area contributed by atoms with Gasteiger partial charge in [-0.3, -0.25) is 9.59 Å². The second-order valence-electron chi connectivity index (χ2n) is 4.75. The molecule has 0 amide bonds. The first-order chi connectivity index (χ1) is 12.2. The normalized spacial score (nSPS) is 8.96. The molecule has 2 rings (SSSR count). The Kier molecular flexibility index (Phi) is 10.4. The number of carbonyl (C=O) groups is 4. The van der Waals surface area contributed by atoms with E-state index in [-0.39, 0.29) is 45.7 Å². The summed E-state index contributed by atoms with van der Waals surface area (Å²) in [5.74, 6) is -3.83. The third kappa shape index (κ3) is 8.34. The molecule has 0 bridgehead atoms. The molecule has 9 heteroatoms. The summed E-state index contributed by atoms with van der Waals surface area (Å²) in [6, 6.07) is 11.6. The van der Waals surface area contributed by atoms with Crippen LogP contribution >= 0.6 is 0 Å². The maximum Gasteiger partial charge on any atom is 2.00 e. The Morgan fingerprint density at radius 2 is 0.963 bits per heavy atom. The molecule has 0 unspecified atom stereocenters. The Morgan fingerprint density at radius 3 is 1.22 bits per heavy atom. The third-order valence-corrected chi connectivity index (χ3v) is 2.72. The minimum Gasteiger partial charge on any atom is -0.545 e. The minimum atomic E-state index is -1.36. The minimum absolute atomic E-state index is 0. The summed E-state index contributed by atoms with van der Waals surface area (Å²) in [5.41, 5.74) is -0.254. The van der Waals surface area contributed by atoms with Crippen LogP contribution in [0, 0.1) is 0 Å². The van der Waals surface area contributed by atoms with Crippen LogP contribution in [-0.4, -0.2) is 46.9 Å². The predicted molar refractivity (Wildman–Crippen MR) is 89.9 cm³/mol. The van der Waals surface area contributed by atoms with Crippen molar-refractivity contribution < 1.29 is 38.9 Å². The van der Waals surface area contributed by atoms with Crippen molar-refractivity contribution in [3.05, 3.63) is 59.7 Å². The number of aromatic carboxylic acids is 2. The van der Waals surface area contributed by atoms with E-state index in [1.165, 1.54) is 50.2 Å². The summed E-state index contributed by atoms with van der Waals surface area (Å²) in [4.78, 5) is 42.1.